The zero-order valence-corrected chi connectivity index (χ0v) is 50.8. The molecule has 0 fully saturated rings. The Balaban J connectivity index is 0.000000486. The van der Waals surface area contributed by atoms with E-state index in [2.05, 4.69) is 168 Å². The topological polar surface area (TPSA) is 57.2 Å². The van der Waals surface area contributed by atoms with Gasteiger partial charge in [-0.2, -0.15) is 0 Å². The van der Waals surface area contributed by atoms with Gasteiger partial charge in [-0.1, -0.05) is 133 Å². The monoisotopic (exact) mass is 1080 g/mol. The Kier molecular flexibility index (Phi) is 32.0. The highest BCUT2D eigenvalue weighted by atomic mass is 28.4. The van der Waals surface area contributed by atoms with E-state index in [4.69, 9.17) is 22.8 Å². The molecule has 4 aromatic carbocycles. The Bertz CT molecular complexity index is 2510. The number of hydrogen-bond donors (Lipinski definition) is 1. The van der Waals surface area contributed by atoms with Crippen molar-refractivity contribution in [3.05, 3.63) is 227 Å². The van der Waals surface area contributed by atoms with Crippen LogP contribution in [0.15, 0.2) is 204 Å². The zero-order valence-electron chi connectivity index (χ0n) is 46.8. The van der Waals surface area contributed by atoms with Crippen LogP contribution in [0.3, 0.4) is 0 Å². The van der Waals surface area contributed by atoms with Crippen LogP contribution in [-0.2, 0) is 17.7 Å². The Hall–Kier alpha value is -6.11. The van der Waals surface area contributed by atoms with Gasteiger partial charge in [-0.05, 0) is 177 Å². The average Bonchev–Trinajstić information content (AvgIpc) is 3.40. The van der Waals surface area contributed by atoms with Gasteiger partial charge in [-0.25, -0.2) is 0 Å². The minimum Gasteiger partial charge on any atom is -0.412 e. The lowest BCUT2D eigenvalue weighted by Gasteiger charge is -2.29. The maximum absolute atomic E-state index is 8.06. The van der Waals surface area contributed by atoms with Crippen molar-refractivity contribution in [2.75, 3.05) is 26.4 Å². The van der Waals surface area contributed by atoms with Gasteiger partial charge in [0.25, 0.3) is 0 Å². The Morgan fingerprint density at radius 2 is 0.618 bits per heavy atom. The van der Waals surface area contributed by atoms with Gasteiger partial charge in [0.1, 0.15) is 0 Å². The SMILES string of the molecule is C=CC[Si](CC=C)(OCC)c1ccc(C#C/C=C\c2ccc([Si](CC=C)(CC=C)OCC)cc2)cc1.C=CC[Si](CC=C)(OCC)c1ccc(C#CC#Cc2ccc([Si](CC=C)(CC=C)OCC)cc2)cc1.CC(C)O. The Labute approximate surface area is 464 Å². The van der Waals surface area contributed by atoms with Crippen LogP contribution < -0.4 is 20.7 Å². The first-order chi connectivity index (χ1) is 36.8. The third-order valence-corrected chi connectivity index (χ3v) is 28.7. The third kappa shape index (κ3) is 21.1. The summed E-state index contributed by atoms with van der Waals surface area (Å²) in [5.74, 6) is 18.7. The average molecular weight is 1080 g/mol. The van der Waals surface area contributed by atoms with Gasteiger partial charge in [0, 0.05) is 49.2 Å². The zero-order chi connectivity index (χ0) is 56.1. The first kappa shape index (κ1) is 66.0. The molecule has 5 nitrogen and oxygen atoms in total. The van der Waals surface area contributed by atoms with Crippen molar-refractivity contribution < 1.29 is 22.8 Å². The van der Waals surface area contributed by atoms with Crippen molar-refractivity contribution in [3.63, 3.8) is 0 Å². The summed E-state index contributed by atoms with van der Waals surface area (Å²) >= 11 is 0. The molecule has 1 N–H and O–H groups in total. The highest BCUT2D eigenvalue weighted by Crippen LogP contribution is 2.23. The summed E-state index contributed by atoms with van der Waals surface area (Å²) < 4.78 is 25.1. The molecular formula is C67H86O5Si4. The van der Waals surface area contributed by atoms with E-state index >= 15 is 0 Å². The second-order valence-electron chi connectivity index (χ2n) is 18.2. The molecule has 9 heteroatoms. The van der Waals surface area contributed by atoms with Crippen molar-refractivity contribution in [1.29, 1.82) is 0 Å². The molecule has 0 aromatic heterocycles. The minimum atomic E-state index is -2.14. The lowest BCUT2D eigenvalue weighted by molar-refractivity contribution is 0.216. The number of benzene rings is 4. The molecule has 0 amide bonds. The molecule has 0 radical (unpaired) electrons. The fourth-order valence-corrected chi connectivity index (χ4v) is 22.2. The largest absolute Gasteiger partial charge is 0.412 e. The van der Waals surface area contributed by atoms with Gasteiger partial charge >= 0.3 is 0 Å². The lowest BCUT2D eigenvalue weighted by Crippen LogP contribution is -2.50. The van der Waals surface area contributed by atoms with E-state index in [-0.39, 0.29) is 6.10 Å². The second kappa shape index (κ2) is 36.8. The highest BCUT2D eigenvalue weighted by molar-refractivity contribution is 6.88. The van der Waals surface area contributed by atoms with Crippen LogP contribution in [0, 0.1) is 35.5 Å². The molecule has 0 aliphatic rings. The molecule has 0 unspecified atom stereocenters. The molecule has 0 bridgehead atoms. The number of allylic oxidation sites excluding steroid dienone is 9. The number of aliphatic hydroxyl groups is 1. The van der Waals surface area contributed by atoms with Gasteiger partial charge < -0.3 is 22.8 Å². The molecule has 0 saturated heterocycles. The summed E-state index contributed by atoms with van der Waals surface area (Å²) in [5, 5.41) is 13.1. The summed E-state index contributed by atoms with van der Waals surface area (Å²) in [7, 11) is -8.52. The predicted molar refractivity (Wildman–Crippen MR) is 341 cm³/mol. The number of rotatable bonds is 29. The summed E-state index contributed by atoms with van der Waals surface area (Å²) in [6, 6.07) is 40.7. The van der Waals surface area contributed by atoms with E-state index in [1.165, 1.54) is 20.7 Å². The maximum atomic E-state index is 8.06. The maximum Gasteiger partial charge on any atom is 0.231 e. The van der Waals surface area contributed by atoms with E-state index < -0.39 is 33.3 Å². The number of hydrogen-bond acceptors (Lipinski definition) is 5. The van der Waals surface area contributed by atoms with Gasteiger partial charge in [0.2, 0.25) is 33.3 Å². The molecular weight excluding hydrogens is 997 g/mol. The van der Waals surface area contributed by atoms with E-state index in [9.17, 15) is 0 Å². The van der Waals surface area contributed by atoms with Crippen molar-refractivity contribution in [3.8, 4) is 35.5 Å². The molecule has 4 rings (SSSR count). The molecule has 0 aliphatic heterocycles. The van der Waals surface area contributed by atoms with Crippen LogP contribution in [0.25, 0.3) is 6.08 Å². The highest BCUT2D eigenvalue weighted by Gasteiger charge is 2.37. The van der Waals surface area contributed by atoms with Crippen LogP contribution in [-0.4, -0.2) is 70.9 Å². The van der Waals surface area contributed by atoms with Crippen LogP contribution >= 0.6 is 0 Å². The summed E-state index contributed by atoms with van der Waals surface area (Å²) in [6.45, 7) is 45.9. The Morgan fingerprint density at radius 3 is 0.842 bits per heavy atom. The predicted octanol–water partition coefficient (Wildman–Crippen LogP) is 13.5. The first-order valence-corrected chi connectivity index (χ1v) is 35.8. The molecule has 0 saturated carbocycles. The molecule has 76 heavy (non-hydrogen) atoms. The molecule has 0 aliphatic carbocycles. The second-order valence-corrected chi connectivity index (χ2v) is 32.9. The number of aliphatic hydroxyl groups excluding tert-OH is 1. The summed E-state index contributed by atoms with van der Waals surface area (Å²) in [5.41, 5.74) is 3.96. The van der Waals surface area contributed by atoms with E-state index in [1.807, 2.05) is 106 Å². The van der Waals surface area contributed by atoms with Gasteiger partial charge in [-0.15, -0.1) is 52.6 Å². The molecule has 0 atom stereocenters. The van der Waals surface area contributed by atoms with E-state index in [0.29, 0.717) is 26.4 Å². The van der Waals surface area contributed by atoms with Crippen LogP contribution in [0.5, 0.6) is 0 Å². The van der Waals surface area contributed by atoms with Gasteiger partial charge in [0.05, 0.1) is 0 Å². The fraction of sp³-hybridized carbons (Fsp3) is 0.284. The van der Waals surface area contributed by atoms with Crippen molar-refractivity contribution in [2.45, 2.75) is 96.0 Å². The summed E-state index contributed by atoms with van der Waals surface area (Å²) in [4.78, 5) is 0. The quantitative estimate of drug-likeness (QED) is 0.0334. The lowest BCUT2D eigenvalue weighted by atomic mass is 10.2. The van der Waals surface area contributed by atoms with E-state index in [0.717, 1.165) is 70.6 Å². The fourth-order valence-electron chi connectivity index (χ4n) is 8.99. The van der Waals surface area contributed by atoms with Crippen LogP contribution in [0.4, 0.5) is 0 Å². The Morgan fingerprint density at radius 1 is 0.395 bits per heavy atom. The van der Waals surface area contributed by atoms with Gasteiger partial charge in [0.15, 0.2) is 0 Å². The van der Waals surface area contributed by atoms with Gasteiger partial charge in [-0.3, -0.25) is 0 Å². The smallest absolute Gasteiger partial charge is 0.231 e. The van der Waals surface area contributed by atoms with Crippen molar-refractivity contribution >= 4 is 60.1 Å². The van der Waals surface area contributed by atoms with Crippen LogP contribution in [0.1, 0.15) is 63.8 Å². The molecule has 4 aromatic rings. The van der Waals surface area contributed by atoms with Crippen LogP contribution in [0.2, 0.25) is 48.4 Å². The molecule has 0 spiro atoms. The minimum absolute atomic E-state index is 0.167. The molecule has 400 valence electrons. The summed E-state index contributed by atoms with van der Waals surface area (Å²) in [6.07, 6.45) is 19.5. The normalized spacial score (nSPS) is 11.1. The van der Waals surface area contributed by atoms with Crippen molar-refractivity contribution in [2.24, 2.45) is 0 Å². The van der Waals surface area contributed by atoms with Crippen molar-refractivity contribution in [1.82, 2.24) is 0 Å². The third-order valence-electron chi connectivity index (χ3n) is 12.2. The molecule has 0 heterocycles. The first-order valence-electron chi connectivity index (χ1n) is 26.5. The standard InChI is InChI=1S/C32H40O2Si2.C32H38O2Si2.C3H8O/c2*1-7-25-35(26-8-2,33-11-5)31-21-17-29(18-22-31)15-13-14-16-30-19-23-32(24-20-30)36(27-9-3,28-10-4)34-12-6;1-3(2)4/h7-10,13,15,17-24H,1-4,11-12,25-28H2,5-6H3;7-10,17-24H,1-4,11-12,25-28H2,5-6H3;3-4H,1-2H3/b15-13-;;. The van der Waals surface area contributed by atoms with E-state index in [1.54, 1.807) is 13.8 Å².